The normalized spacial score (nSPS) is 12.6. The largest absolute Gasteiger partial charge is 0.504 e. The lowest BCUT2D eigenvalue weighted by Gasteiger charge is -2.31. The number of carboxylic acids is 1. The summed E-state index contributed by atoms with van der Waals surface area (Å²) in [4.78, 5) is 24.1. The maximum Gasteiger partial charge on any atom is 0.313 e. The van der Waals surface area contributed by atoms with Crippen LogP contribution in [-0.4, -0.2) is 46.3 Å². The summed E-state index contributed by atoms with van der Waals surface area (Å²) >= 11 is 7.58. The topological polar surface area (TPSA) is 105 Å². The van der Waals surface area contributed by atoms with E-state index in [4.69, 9.17) is 26.2 Å². The molecule has 0 saturated heterocycles. The molecule has 1 unspecified atom stereocenters. The number of ether oxygens (including phenoxy) is 2. The summed E-state index contributed by atoms with van der Waals surface area (Å²) in [5.74, 6) is -0.0649. The van der Waals surface area contributed by atoms with Gasteiger partial charge in [-0.05, 0) is 48.6 Å². The summed E-state index contributed by atoms with van der Waals surface area (Å²) in [7, 11) is 0. The molecule has 0 saturated carbocycles. The van der Waals surface area contributed by atoms with E-state index < -0.39 is 18.0 Å². The molecular weight excluding hydrogens is 550 g/mol. The van der Waals surface area contributed by atoms with Crippen LogP contribution in [0.15, 0.2) is 24.3 Å². The Morgan fingerprint density at radius 3 is 2.27 bits per heavy atom. The van der Waals surface area contributed by atoms with Crippen molar-refractivity contribution in [3.63, 3.8) is 0 Å². The molecule has 1 atom stereocenters. The van der Waals surface area contributed by atoms with E-state index in [0.717, 1.165) is 18.4 Å². The predicted octanol–water partition coefficient (Wildman–Crippen LogP) is 7.72. The van der Waals surface area contributed by atoms with Gasteiger partial charge in [-0.25, -0.2) is 0 Å². The molecule has 9 heteroatoms. The van der Waals surface area contributed by atoms with Gasteiger partial charge < -0.3 is 25.0 Å². The molecule has 0 aromatic heterocycles. The molecule has 40 heavy (non-hydrogen) atoms. The fraction of sp³-hybridized carbons (Fsp3) is 0.548. The van der Waals surface area contributed by atoms with Gasteiger partial charge in [-0.15, -0.1) is 11.8 Å². The number of benzene rings is 2. The molecule has 0 aliphatic carbocycles. The van der Waals surface area contributed by atoms with Gasteiger partial charge in [-0.1, -0.05) is 72.2 Å². The van der Waals surface area contributed by atoms with Crippen molar-refractivity contribution in [2.75, 3.05) is 23.4 Å². The van der Waals surface area contributed by atoms with E-state index in [2.05, 4.69) is 59.0 Å². The fourth-order valence-electron chi connectivity index (χ4n) is 3.99. The van der Waals surface area contributed by atoms with Crippen molar-refractivity contribution in [3.8, 4) is 17.2 Å². The number of amides is 1. The second-order valence-electron chi connectivity index (χ2n) is 11.2. The molecule has 0 heterocycles. The van der Waals surface area contributed by atoms with Gasteiger partial charge in [0.2, 0.25) is 0 Å². The Morgan fingerprint density at radius 1 is 1.05 bits per heavy atom. The molecule has 0 aliphatic heterocycles. The quantitative estimate of drug-likeness (QED) is 0.143. The van der Waals surface area contributed by atoms with E-state index in [-0.39, 0.29) is 39.6 Å². The molecule has 1 amide bonds. The maximum atomic E-state index is 13.4. The van der Waals surface area contributed by atoms with Crippen molar-refractivity contribution < 1.29 is 29.3 Å². The zero-order valence-corrected chi connectivity index (χ0v) is 26.5. The molecule has 0 spiro atoms. The molecule has 0 aliphatic rings. The fourth-order valence-corrected chi connectivity index (χ4v) is 4.71. The lowest BCUT2D eigenvalue weighted by atomic mass is 9.76. The van der Waals surface area contributed by atoms with Crippen molar-refractivity contribution in [3.05, 3.63) is 46.0 Å². The van der Waals surface area contributed by atoms with Crippen LogP contribution in [0.3, 0.4) is 0 Å². The Kier molecular flexibility index (Phi) is 12.1. The van der Waals surface area contributed by atoms with Crippen LogP contribution in [0.4, 0.5) is 5.69 Å². The Balaban J connectivity index is 2.30. The summed E-state index contributed by atoms with van der Waals surface area (Å²) < 4.78 is 12.1. The minimum atomic E-state index is -0.891. The Morgan fingerprint density at radius 2 is 1.70 bits per heavy atom. The number of carbonyl (C=O) groups excluding carboxylic acids is 1. The highest BCUT2D eigenvalue weighted by Gasteiger charge is 2.29. The molecule has 2 aromatic carbocycles. The van der Waals surface area contributed by atoms with Crippen LogP contribution in [0.5, 0.6) is 17.2 Å². The van der Waals surface area contributed by atoms with Crippen molar-refractivity contribution in [2.24, 2.45) is 0 Å². The van der Waals surface area contributed by atoms with Gasteiger partial charge in [0, 0.05) is 22.9 Å². The van der Waals surface area contributed by atoms with Crippen LogP contribution in [0.25, 0.3) is 0 Å². The van der Waals surface area contributed by atoms with Gasteiger partial charge in [0.05, 0.1) is 23.1 Å². The summed E-state index contributed by atoms with van der Waals surface area (Å²) in [6.45, 7) is 16.9. The third-order valence-electron chi connectivity index (χ3n) is 7.60. The molecule has 2 aromatic rings. The standard InChI is InChI=1S/C31H44ClNO6S/c1-9-23(39-24-13-12-20(30(5,6)10-2)16-21(24)31(7,8)11-3)29(37)33-22-17-25(19(4)27(32)28(22)36)38-14-15-40-18-26(34)35/h12-13,16-17,23,36H,9-11,14-15,18H2,1-8H3,(H,33,37)(H,34,35). The molecule has 0 fully saturated rings. The van der Waals surface area contributed by atoms with Crippen LogP contribution >= 0.6 is 23.4 Å². The second-order valence-corrected chi connectivity index (χ2v) is 12.7. The average Bonchev–Trinajstić information content (AvgIpc) is 2.92. The third kappa shape index (κ3) is 8.46. The van der Waals surface area contributed by atoms with Crippen LogP contribution < -0.4 is 14.8 Å². The number of rotatable bonds is 15. The maximum absolute atomic E-state index is 13.4. The number of carbonyl (C=O) groups is 2. The van der Waals surface area contributed by atoms with Gasteiger partial charge in [-0.3, -0.25) is 9.59 Å². The average molecular weight is 594 g/mol. The molecule has 0 radical (unpaired) electrons. The third-order valence-corrected chi connectivity index (χ3v) is 8.97. The number of carboxylic acid groups (broad SMARTS) is 1. The highest BCUT2D eigenvalue weighted by Crippen LogP contribution is 2.41. The number of phenolic OH excluding ortho intramolecular Hbond substituents is 1. The number of aromatic hydroxyl groups is 1. The zero-order chi connectivity index (χ0) is 30.3. The summed E-state index contributed by atoms with van der Waals surface area (Å²) in [6.07, 6.45) is 1.49. The van der Waals surface area contributed by atoms with Crippen molar-refractivity contribution in [1.82, 2.24) is 0 Å². The predicted molar refractivity (Wildman–Crippen MR) is 165 cm³/mol. The number of hydrogen-bond acceptors (Lipinski definition) is 6. The lowest BCUT2D eigenvalue weighted by molar-refractivity contribution is -0.134. The highest BCUT2D eigenvalue weighted by molar-refractivity contribution is 7.99. The summed E-state index contributed by atoms with van der Waals surface area (Å²) in [5.41, 5.74) is 2.76. The van der Waals surface area contributed by atoms with E-state index in [1.807, 2.05) is 13.0 Å². The number of anilines is 1. The first-order valence-electron chi connectivity index (χ1n) is 13.7. The van der Waals surface area contributed by atoms with Crippen LogP contribution in [0.1, 0.15) is 84.4 Å². The second kappa shape index (κ2) is 14.4. The van der Waals surface area contributed by atoms with E-state index >= 15 is 0 Å². The molecule has 222 valence electrons. The SMILES string of the molecule is CCC(Oc1ccc(C(C)(C)CC)cc1C(C)(C)CC)C(=O)Nc1cc(OCCSCC(=O)O)c(C)c(Cl)c1O. The molecule has 7 nitrogen and oxygen atoms in total. The highest BCUT2D eigenvalue weighted by atomic mass is 35.5. The minimum absolute atomic E-state index is 0.00952. The number of phenols is 1. The lowest BCUT2D eigenvalue weighted by Crippen LogP contribution is -2.33. The van der Waals surface area contributed by atoms with E-state index in [9.17, 15) is 14.7 Å². The molecule has 0 bridgehead atoms. The summed E-state index contributed by atoms with van der Waals surface area (Å²) in [6, 6.07) is 7.76. The first-order valence-corrected chi connectivity index (χ1v) is 15.3. The van der Waals surface area contributed by atoms with Crippen LogP contribution in [0.2, 0.25) is 5.02 Å². The van der Waals surface area contributed by atoms with E-state index in [1.54, 1.807) is 6.92 Å². The number of thioether (sulfide) groups is 1. The number of hydrogen-bond donors (Lipinski definition) is 3. The first-order chi connectivity index (χ1) is 18.7. The monoisotopic (exact) mass is 593 g/mol. The minimum Gasteiger partial charge on any atom is -0.504 e. The van der Waals surface area contributed by atoms with Gasteiger partial charge in [0.25, 0.3) is 5.91 Å². The Bertz CT molecular complexity index is 1200. The number of nitrogens with one attached hydrogen (secondary N) is 1. The van der Waals surface area contributed by atoms with Crippen molar-refractivity contribution in [1.29, 1.82) is 0 Å². The van der Waals surface area contributed by atoms with Gasteiger partial charge in [-0.2, -0.15) is 0 Å². The number of halogens is 1. The Hall–Kier alpha value is -2.58. The smallest absolute Gasteiger partial charge is 0.313 e. The van der Waals surface area contributed by atoms with E-state index in [1.165, 1.54) is 23.4 Å². The first kappa shape index (κ1) is 33.6. The number of aliphatic carboxylic acids is 1. The molecular formula is C31H44ClNO6S. The zero-order valence-electron chi connectivity index (χ0n) is 24.9. The van der Waals surface area contributed by atoms with E-state index in [0.29, 0.717) is 29.2 Å². The van der Waals surface area contributed by atoms with Crippen LogP contribution in [0, 0.1) is 6.92 Å². The van der Waals surface area contributed by atoms with Gasteiger partial charge in [0.1, 0.15) is 11.5 Å². The summed E-state index contributed by atoms with van der Waals surface area (Å²) in [5, 5.41) is 22.3. The van der Waals surface area contributed by atoms with Gasteiger partial charge in [0.15, 0.2) is 11.9 Å². The molecule has 2 rings (SSSR count). The van der Waals surface area contributed by atoms with Crippen LogP contribution in [-0.2, 0) is 20.4 Å². The van der Waals surface area contributed by atoms with Crippen molar-refractivity contribution in [2.45, 2.75) is 91.6 Å². The van der Waals surface area contributed by atoms with Gasteiger partial charge >= 0.3 is 5.97 Å². The Labute approximate surface area is 248 Å². The molecule has 3 N–H and O–H groups in total. The van der Waals surface area contributed by atoms with Crippen molar-refractivity contribution >= 4 is 40.9 Å².